The molecule has 2 aromatic carbocycles. The van der Waals surface area contributed by atoms with Crippen LogP contribution in [-0.2, 0) is 14.8 Å². The van der Waals surface area contributed by atoms with Gasteiger partial charge < -0.3 is 10.2 Å². The highest BCUT2D eigenvalue weighted by molar-refractivity contribution is 7.89. The molecule has 150 valence electrons. The molecule has 0 radical (unpaired) electrons. The molecule has 0 saturated carbocycles. The summed E-state index contributed by atoms with van der Waals surface area (Å²) in [5.74, 6) is -0.0543. The van der Waals surface area contributed by atoms with Crippen molar-refractivity contribution in [2.24, 2.45) is 0 Å². The van der Waals surface area contributed by atoms with E-state index in [1.165, 1.54) is 16.4 Å². The molecule has 0 unspecified atom stereocenters. The Morgan fingerprint density at radius 2 is 1.64 bits per heavy atom. The summed E-state index contributed by atoms with van der Waals surface area (Å²) in [6.45, 7) is 6.21. The van der Waals surface area contributed by atoms with E-state index in [4.69, 9.17) is 11.6 Å². The zero-order chi connectivity index (χ0) is 20.3. The molecule has 2 aromatic rings. The highest BCUT2D eigenvalue weighted by Gasteiger charge is 2.31. The van der Waals surface area contributed by atoms with Crippen molar-refractivity contribution >= 4 is 33.2 Å². The molecule has 0 bridgehead atoms. The normalized spacial score (nSPS) is 16.1. The SMILES string of the molecule is Cc1cccc(C)c1NC(=O)C[NH+]1CCN(S(=O)(=O)c2ccc(Cl)cc2)CC1. The predicted octanol–water partition coefficient (Wildman–Crippen LogP) is 1.48. The smallest absolute Gasteiger partial charge is 0.279 e. The highest BCUT2D eigenvalue weighted by atomic mass is 35.5. The molecule has 1 aliphatic heterocycles. The first kappa shape index (κ1) is 20.8. The number of carbonyl (C=O) groups excluding carboxylic acids is 1. The monoisotopic (exact) mass is 422 g/mol. The number of anilines is 1. The van der Waals surface area contributed by atoms with Gasteiger partial charge in [-0.15, -0.1) is 0 Å². The number of hydrogen-bond acceptors (Lipinski definition) is 3. The van der Waals surface area contributed by atoms with E-state index < -0.39 is 10.0 Å². The number of halogens is 1. The summed E-state index contributed by atoms with van der Waals surface area (Å²) < 4.78 is 27.0. The van der Waals surface area contributed by atoms with Gasteiger partial charge in [0, 0.05) is 10.7 Å². The first-order valence-corrected chi connectivity index (χ1v) is 11.0. The van der Waals surface area contributed by atoms with Crippen molar-refractivity contribution in [3.63, 3.8) is 0 Å². The first-order chi connectivity index (χ1) is 13.3. The van der Waals surface area contributed by atoms with E-state index >= 15 is 0 Å². The van der Waals surface area contributed by atoms with E-state index in [-0.39, 0.29) is 10.8 Å². The number of piperazine rings is 1. The van der Waals surface area contributed by atoms with Gasteiger partial charge in [-0.2, -0.15) is 4.31 Å². The van der Waals surface area contributed by atoms with Gasteiger partial charge in [-0.1, -0.05) is 29.8 Å². The second kappa shape index (κ2) is 8.61. The second-order valence-electron chi connectivity index (χ2n) is 7.10. The third-order valence-corrected chi connectivity index (χ3v) is 7.20. The summed E-state index contributed by atoms with van der Waals surface area (Å²) in [7, 11) is -3.53. The number of benzene rings is 2. The lowest BCUT2D eigenvalue weighted by atomic mass is 10.1. The van der Waals surface area contributed by atoms with E-state index in [9.17, 15) is 13.2 Å². The Morgan fingerprint density at radius 1 is 1.07 bits per heavy atom. The summed E-state index contributed by atoms with van der Waals surface area (Å²) in [4.78, 5) is 13.8. The van der Waals surface area contributed by atoms with Gasteiger partial charge in [0.05, 0.1) is 31.1 Å². The molecule has 0 aliphatic carbocycles. The first-order valence-electron chi connectivity index (χ1n) is 9.23. The number of rotatable bonds is 5. The van der Waals surface area contributed by atoms with Crippen LogP contribution < -0.4 is 10.2 Å². The summed E-state index contributed by atoms with van der Waals surface area (Å²) >= 11 is 5.84. The summed E-state index contributed by atoms with van der Waals surface area (Å²) in [6.07, 6.45) is 0. The maximum atomic E-state index is 12.7. The zero-order valence-electron chi connectivity index (χ0n) is 16.0. The van der Waals surface area contributed by atoms with E-state index in [2.05, 4.69) is 5.32 Å². The van der Waals surface area contributed by atoms with E-state index in [1.54, 1.807) is 12.1 Å². The molecule has 0 aromatic heterocycles. The van der Waals surface area contributed by atoms with E-state index in [1.807, 2.05) is 32.0 Å². The third-order valence-electron chi connectivity index (χ3n) is 5.04. The van der Waals surface area contributed by atoms with Crippen molar-refractivity contribution < 1.29 is 18.1 Å². The average molecular weight is 423 g/mol. The molecule has 1 fully saturated rings. The number of sulfonamides is 1. The van der Waals surface area contributed by atoms with Crippen molar-refractivity contribution in [3.05, 3.63) is 58.6 Å². The second-order valence-corrected chi connectivity index (χ2v) is 9.47. The van der Waals surface area contributed by atoms with Crippen LogP contribution in [0.15, 0.2) is 47.4 Å². The molecule has 28 heavy (non-hydrogen) atoms. The molecular weight excluding hydrogens is 398 g/mol. The Morgan fingerprint density at radius 3 is 2.21 bits per heavy atom. The lowest BCUT2D eigenvalue weighted by Gasteiger charge is -2.31. The zero-order valence-corrected chi connectivity index (χ0v) is 17.6. The number of carbonyl (C=O) groups is 1. The van der Waals surface area contributed by atoms with Gasteiger partial charge in [0.1, 0.15) is 0 Å². The van der Waals surface area contributed by atoms with Gasteiger partial charge in [0.15, 0.2) is 6.54 Å². The molecule has 0 atom stereocenters. The number of para-hydroxylation sites is 1. The van der Waals surface area contributed by atoms with Gasteiger partial charge in [0.2, 0.25) is 10.0 Å². The Kier molecular flexibility index (Phi) is 6.40. The van der Waals surface area contributed by atoms with Gasteiger partial charge in [0.25, 0.3) is 5.91 Å². The number of nitrogens with zero attached hydrogens (tertiary/aromatic N) is 1. The largest absolute Gasteiger partial charge is 0.325 e. The van der Waals surface area contributed by atoms with Crippen molar-refractivity contribution in [3.8, 4) is 0 Å². The van der Waals surface area contributed by atoms with E-state index in [0.29, 0.717) is 37.7 Å². The van der Waals surface area contributed by atoms with Gasteiger partial charge >= 0.3 is 0 Å². The summed E-state index contributed by atoms with van der Waals surface area (Å²) in [5.41, 5.74) is 2.92. The minimum absolute atomic E-state index is 0.0543. The van der Waals surface area contributed by atoms with Crippen molar-refractivity contribution in [2.75, 3.05) is 38.0 Å². The van der Waals surface area contributed by atoms with Crippen LogP contribution in [0.25, 0.3) is 0 Å². The minimum atomic E-state index is -3.53. The summed E-state index contributed by atoms with van der Waals surface area (Å²) in [6, 6.07) is 12.1. The molecule has 1 aliphatic rings. The molecule has 2 N–H and O–H groups in total. The predicted molar refractivity (Wildman–Crippen MR) is 110 cm³/mol. The van der Waals surface area contributed by atoms with Crippen molar-refractivity contribution in [1.29, 1.82) is 0 Å². The van der Waals surface area contributed by atoms with Gasteiger partial charge in [-0.25, -0.2) is 8.42 Å². The van der Waals surface area contributed by atoms with Crippen LogP contribution in [-0.4, -0.2) is 51.4 Å². The highest BCUT2D eigenvalue weighted by Crippen LogP contribution is 2.19. The standard InChI is InChI=1S/C20H24ClN3O3S/c1-15-4-3-5-16(2)20(15)22-19(25)14-23-10-12-24(13-11-23)28(26,27)18-8-6-17(21)7-9-18/h3-9H,10-14H2,1-2H3,(H,22,25)/p+1. The van der Waals surface area contributed by atoms with Crippen molar-refractivity contribution in [1.82, 2.24) is 4.31 Å². The van der Waals surface area contributed by atoms with E-state index in [0.717, 1.165) is 21.7 Å². The quantitative estimate of drug-likeness (QED) is 0.766. The Bertz CT molecular complexity index is 933. The third kappa shape index (κ3) is 4.72. The maximum Gasteiger partial charge on any atom is 0.279 e. The number of amides is 1. The fourth-order valence-electron chi connectivity index (χ4n) is 3.40. The Labute approximate surface area is 171 Å². The van der Waals surface area contributed by atoms with Crippen LogP contribution >= 0.6 is 11.6 Å². The van der Waals surface area contributed by atoms with Crippen molar-refractivity contribution in [2.45, 2.75) is 18.7 Å². The molecule has 0 spiro atoms. The fourth-order valence-corrected chi connectivity index (χ4v) is 4.96. The lowest BCUT2D eigenvalue weighted by molar-refractivity contribution is -0.895. The Balaban J connectivity index is 1.56. The molecule has 8 heteroatoms. The molecule has 1 amide bonds. The van der Waals surface area contributed by atoms with Gasteiger partial charge in [-0.05, 0) is 49.2 Å². The topological polar surface area (TPSA) is 70.9 Å². The number of hydrogen-bond donors (Lipinski definition) is 2. The van der Waals surface area contributed by atoms with Crippen LogP contribution in [0.5, 0.6) is 0 Å². The number of nitrogens with one attached hydrogen (secondary N) is 2. The molecule has 1 saturated heterocycles. The van der Waals surface area contributed by atoms with Crippen LogP contribution in [0.3, 0.4) is 0 Å². The molecule has 1 heterocycles. The summed E-state index contributed by atoms with van der Waals surface area (Å²) in [5, 5.41) is 3.50. The van der Waals surface area contributed by atoms with Gasteiger partial charge in [-0.3, -0.25) is 4.79 Å². The lowest BCUT2D eigenvalue weighted by Crippen LogP contribution is -3.15. The van der Waals surface area contributed by atoms with Crippen LogP contribution in [0.1, 0.15) is 11.1 Å². The van der Waals surface area contributed by atoms with Crippen LogP contribution in [0.2, 0.25) is 5.02 Å². The molecule has 3 rings (SSSR count). The fraction of sp³-hybridized carbons (Fsp3) is 0.350. The van der Waals surface area contributed by atoms with Crippen LogP contribution in [0, 0.1) is 13.8 Å². The number of quaternary nitrogens is 1. The maximum absolute atomic E-state index is 12.7. The molecular formula is C20H25ClN3O3S+. The number of aryl methyl sites for hydroxylation is 2. The van der Waals surface area contributed by atoms with Crippen LogP contribution in [0.4, 0.5) is 5.69 Å². The Hall–Kier alpha value is -1.93. The average Bonchev–Trinajstić information content (AvgIpc) is 2.66. The minimum Gasteiger partial charge on any atom is -0.325 e. The molecule has 6 nitrogen and oxygen atoms in total.